The second-order valence-corrected chi connectivity index (χ2v) is 7.30. The number of hydrogen-bond donors (Lipinski definition) is 1. The maximum atomic E-state index is 13.2. The topological polar surface area (TPSA) is 99.1 Å². The minimum atomic E-state index is -1.01. The van der Waals surface area contributed by atoms with Gasteiger partial charge in [-0.25, -0.2) is 14.8 Å². The summed E-state index contributed by atoms with van der Waals surface area (Å²) in [5.74, 6) is 1.03. The number of ether oxygens (including phenoxy) is 1. The summed E-state index contributed by atoms with van der Waals surface area (Å²) in [7, 11) is 3.39. The van der Waals surface area contributed by atoms with E-state index in [2.05, 4.69) is 9.97 Å². The van der Waals surface area contributed by atoms with Crippen molar-refractivity contribution in [3.63, 3.8) is 0 Å². The first kappa shape index (κ1) is 20.7. The largest absolute Gasteiger partial charge is 0.492 e. The molecule has 3 rings (SSSR count). The first-order valence-electron chi connectivity index (χ1n) is 9.01. The summed E-state index contributed by atoms with van der Waals surface area (Å²) < 4.78 is 5.66. The van der Waals surface area contributed by atoms with Crippen LogP contribution in [0.4, 0.5) is 16.3 Å². The summed E-state index contributed by atoms with van der Waals surface area (Å²) in [4.78, 5) is 37.6. The summed E-state index contributed by atoms with van der Waals surface area (Å²) in [6.45, 7) is 1.58. The molecule has 1 aliphatic rings. The number of benzene rings is 1. The Balaban J connectivity index is 1.79. The van der Waals surface area contributed by atoms with Crippen LogP contribution in [0.3, 0.4) is 0 Å². The number of carboxylic acid groups (broad SMARTS) is 1. The van der Waals surface area contributed by atoms with Crippen molar-refractivity contribution in [2.75, 3.05) is 56.4 Å². The minimum Gasteiger partial charge on any atom is -0.492 e. The highest BCUT2D eigenvalue weighted by Gasteiger charge is 2.28. The molecule has 0 aliphatic carbocycles. The lowest BCUT2D eigenvalue weighted by atomic mass is 10.2. The number of anilines is 2. The molecule has 1 aromatic carbocycles. The third kappa shape index (κ3) is 4.70. The molecular formula is C19H23N5O4S. The first-order valence-corrected chi connectivity index (χ1v) is 10.2. The maximum absolute atomic E-state index is 13.2. The number of fused-ring (bicyclic) bond motifs is 1. The van der Waals surface area contributed by atoms with Crippen molar-refractivity contribution in [3.05, 3.63) is 36.0 Å². The van der Waals surface area contributed by atoms with Gasteiger partial charge in [-0.05, 0) is 18.4 Å². The Hall–Kier alpha value is -3.01. The Kier molecular flexibility index (Phi) is 6.42. The molecule has 0 atom stereocenters. The number of nitrogens with zero attached hydrogens (tertiary/aromatic N) is 5. The van der Waals surface area contributed by atoms with Crippen molar-refractivity contribution in [2.24, 2.45) is 0 Å². The number of carbonyl (C=O) groups excluding carboxylic acids is 1. The zero-order valence-electron chi connectivity index (χ0n) is 16.5. The van der Waals surface area contributed by atoms with Gasteiger partial charge in [0.25, 0.3) is 5.91 Å². The van der Waals surface area contributed by atoms with E-state index in [-0.39, 0.29) is 19.1 Å². The number of thioether (sulfide) groups is 1. The Morgan fingerprint density at radius 2 is 2.17 bits per heavy atom. The molecule has 29 heavy (non-hydrogen) atoms. The molecule has 0 saturated heterocycles. The van der Waals surface area contributed by atoms with E-state index in [1.54, 1.807) is 23.2 Å². The molecule has 2 heterocycles. The predicted octanol–water partition coefficient (Wildman–Crippen LogP) is 2.28. The van der Waals surface area contributed by atoms with Gasteiger partial charge < -0.3 is 24.5 Å². The van der Waals surface area contributed by atoms with Crippen LogP contribution in [-0.2, 0) is 0 Å². The fourth-order valence-electron chi connectivity index (χ4n) is 2.88. The van der Waals surface area contributed by atoms with Crippen LogP contribution in [0.25, 0.3) is 0 Å². The zero-order valence-corrected chi connectivity index (χ0v) is 17.3. The molecule has 0 bridgehead atoms. The fraction of sp³-hybridized carbons (Fsp3) is 0.368. The van der Waals surface area contributed by atoms with Crippen LogP contribution in [0.1, 0.15) is 10.4 Å². The molecule has 1 N–H and O–H groups in total. The third-order valence-corrected chi connectivity index (χ3v) is 5.14. The van der Waals surface area contributed by atoms with Crippen LogP contribution in [-0.4, -0.2) is 78.6 Å². The van der Waals surface area contributed by atoms with E-state index in [1.807, 2.05) is 30.3 Å². The number of carbonyl (C=O) groups is 2. The third-order valence-electron chi connectivity index (χ3n) is 4.58. The van der Waals surface area contributed by atoms with E-state index in [0.717, 1.165) is 4.90 Å². The molecule has 10 heteroatoms. The molecule has 0 spiro atoms. The molecule has 0 fully saturated rings. The average Bonchev–Trinajstić information content (AvgIpc) is 2.84. The smallest absolute Gasteiger partial charge is 0.407 e. The Labute approximate surface area is 173 Å². The Morgan fingerprint density at radius 1 is 1.38 bits per heavy atom. The number of amides is 2. The molecule has 2 amide bonds. The standard InChI is InChI=1S/C19H23N5O4S/c1-22-7-8-24(17(25)15-12-20-18(29-3)21-16(15)22)13-5-4-6-14(11-13)28-10-9-23(2)19(26)27/h4-6,11-12H,7-10H2,1-3H3,(H,26,27). The van der Waals surface area contributed by atoms with Crippen molar-refractivity contribution in [2.45, 2.75) is 5.16 Å². The van der Waals surface area contributed by atoms with Crippen LogP contribution in [0.5, 0.6) is 5.75 Å². The maximum Gasteiger partial charge on any atom is 0.407 e. The number of hydrogen-bond acceptors (Lipinski definition) is 7. The predicted molar refractivity (Wildman–Crippen MR) is 111 cm³/mol. The molecular weight excluding hydrogens is 394 g/mol. The Bertz CT molecular complexity index is 910. The quantitative estimate of drug-likeness (QED) is 0.565. The molecule has 0 radical (unpaired) electrons. The summed E-state index contributed by atoms with van der Waals surface area (Å²) >= 11 is 1.43. The molecule has 1 aliphatic heterocycles. The molecule has 154 valence electrons. The average molecular weight is 417 g/mol. The lowest BCUT2D eigenvalue weighted by molar-refractivity contribution is 0.0989. The van der Waals surface area contributed by atoms with E-state index in [9.17, 15) is 9.59 Å². The van der Waals surface area contributed by atoms with Gasteiger partial charge in [0.1, 0.15) is 23.7 Å². The minimum absolute atomic E-state index is 0.167. The summed E-state index contributed by atoms with van der Waals surface area (Å²) in [5.41, 5.74) is 1.16. The SMILES string of the molecule is CSc1ncc2c(n1)N(C)CCN(c1cccc(OCCN(C)C(=O)O)c1)C2=O. The first-order chi connectivity index (χ1) is 13.9. The van der Waals surface area contributed by atoms with Gasteiger partial charge in [0.2, 0.25) is 0 Å². The second-order valence-electron chi connectivity index (χ2n) is 6.52. The summed E-state index contributed by atoms with van der Waals surface area (Å²) in [5, 5.41) is 9.52. The zero-order chi connectivity index (χ0) is 21.0. The van der Waals surface area contributed by atoms with Gasteiger partial charge in [-0.1, -0.05) is 17.8 Å². The number of rotatable bonds is 6. The van der Waals surface area contributed by atoms with Crippen LogP contribution in [0.2, 0.25) is 0 Å². The highest BCUT2D eigenvalue weighted by atomic mass is 32.2. The van der Waals surface area contributed by atoms with Crippen LogP contribution in [0.15, 0.2) is 35.6 Å². The molecule has 1 aromatic heterocycles. The molecule has 2 aromatic rings. The normalized spacial score (nSPS) is 13.7. The van der Waals surface area contributed by atoms with Crippen LogP contribution < -0.4 is 14.5 Å². The lowest BCUT2D eigenvalue weighted by Gasteiger charge is -2.22. The van der Waals surface area contributed by atoms with Gasteiger partial charge in [-0.3, -0.25) is 4.79 Å². The highest BCUT2D eigenvalue weighted by molar-refractivity contribution is 7.98. The van der Waals surface area contributed by atoms with Gasteiger partial charge in [-0.15, -0.1) is 0 Å². The van der Waals surface area contributed by atoms with Crippen LogP contribution >= 0.6 is 11.8 Å². The number of likely N-dealkylation sites (N-methyl/N-ethyl adjacent to an activating group) is 2. The van der Waals surface area contributed by atoms with E-state index >= 15 is 0 Å². The van der Waals surface area contributed by atoms with Crippen molar-refractivity contribution >= 4 is 35.3 Å². The van der Waals surface area contributed by atoms with Crippen LogP contribution in [0, 0.1) is 0 Å². The summed E-state index contributed by atoms with van der Waals surface area (Å²) in [6.07, 6.45) is 2.46. The lowest BCUT2D eigenvalue weighted by Crippen LogP contribution is -2.33. The van der Waals surface area contributed by atoms with Gasteiger partial charge in [0.05, 0.1) is 6.54 Å². The highest BCUT2D eigenvalue weighted by Crippen LogP contribution is 2.28. The van der Waals surface area contributed by atoms with E-state index in [0.29, 0.717) is 41.1 Å². The number of aromatic nitrogens is 2. The molecule has 9 nitrogen and oxygen atoms in total. The fourth-order valence-corrected chi connectivity index (χ4v) is 3.22. The van der Waals surface area contributed by atoms with Gasteiger partial charge in [0.15, 0.2) is 5.16 Å². The second kappa shape index (κ2) is 8.99. The van der Waals surface area contributed by atoms with E-state index in [1.165, 1.54) is 18.8 Å². The van der Waals surface area contributed by atoms with Gasteiger partial charge in [0, 0.05) is 45.1 Å². The van der Waals surface area contributed by atoms with Crippen molar-refractivity contribution < 1.29 is 19.4 Å². The van der Waals surface area contributed by atoms with Gasteiger partial charge in [-0.2, -0.15) is 0 Å². The Morgan fingerprint density at radius 3 is 2.90 bits per heavy atom. The van der Waals surface area contributed by atoms with E-state index in [4.69, 9.17) is 9.84 Å². The van der Waals surface area contributed by atoms with Crippen molar-refractivity contribution in [3.8, 4) is 5.75 Å². The van der Waals surface area contributed by atoms with E-state index < -0.39 is 6.09 Å². The molecule has 0 saturated carbocycles. The van der Waals surface area contributed by atoms with Crippen molar-refractivity contribution in [1.82, 2.24) is 14.9 Å². The molecule has 0 unspecified atom stereocenters. The monoisotopic (exact) mass is 417 g/mol. The van der Waals surface area contributed by atoms with Crippen molar-refractivity contribution in [1.29, 1.82) is 0 Å². The summed E-state index contributed by atoms with van der Waals surface area (Å²) in [6, 6.07) is 7.21. The van der Waals surface area contributed by atoms with Gasteiger partial charge >= 0.3 is 6.09 Å².